The second-order valence-electron chi connectivity index (χ2n) is 17.2. The molecule has 4 atom stereocenters. The summed E-state index contributed by atoms with van der Waals surface area (Å²) < 4.78 is 1.12. The standard InChI is InChI=1S/2C27H23.C2H6Si.2ClH.Zr/c2*1-3-18(2)22-16-21-11-8-14-25(26(21)17-22)27-23-12-6-4-9-19(23)15-20-10-5-7-13-24(20)27;1-3-2;;;/h2*4-18H,3H2,1-2H3;1-2H3;2*1H;/q;;;;;+2/p-2. The van der Waals surface area contributed by atoms with E-state index in [1.54, 1.807) is 22.3 Å². The molecule has 0 radical (unpaired) electrons. The van der Waals surface area contributed by atoms with E-state index in [-0.39, 0.29) is 24.8 Å². The van der Waals surface area contributed by atoms with Gasteiger partial charge in [-0.05, 0) is 0 Å². The van der Waals surface area contributed by atoms with Crippen molar-refractivity contribution in [3.8, 4) is 22.3 Å². The van der Waals surface area contributed by atoms with Crippen molar-refractivity contribution < 1.29 is 45.2 Å². The second-order valence-corrected chi connectivity index (χ2v) is 35.1. The third-order valence-corrected chi connectivity index (χ3v) is 33.1. The molecule has 0 saturated carbocycles. The fourth-order valence-corrected chi connectivity index (χ4v) is 31.4. The molecule has 4 unspecified atom stereocenters. The van der Waals surface area contributed by atoms with Gasteiger partial charge in [-0.2, -0.15) is 0 Å². The summed E-state index contributed by atoms with van der Waals surface area (Å²) in [7, 11) is 0. The molecule has 298 valence electrons. The van der Waals surface area contributed by atoms with Gasteiger partial charge in [-0.3, -0.25) is 0 Å². The van der Waals surface area contributed by atoms with E-state index in [2.05, 4.69) is 199 Å². The zero-order chi connectivity index (χ0) is 39.7. The zero-order valence-electron chi connectivity index (χ0n) is 35.5. The maximum atomic E-state index is 2.71. The van der Waals surface area contributed by atoms with Crippen molar-refractivity contribution >= 4 is 60.7 Å². The Balaban J connectivity index is 0.00000249. The quantitative estimate of drug-likeness (QED) is 0.105. The zero-order valence-corrected chi connectivity index (χ0v) is 40.5. The van der Waals surface area contributed by atoms with E-state index >= 15 is 0 Å². The third kappa shape index (κ3) is 6.91. The van der Waals surface area contributed by atoms with Gasteiger partial charge in [0.1, 0.15) is 0 Å². The Morgan fingerprint density at radius 3 is 1.12 bits per heavy atom. The topological polar surface area (TPSA) is 0 Å². The second kappa shape index (κ2) is 17.4. The third-order valence-electron chi connectivity index (χ3n) is 13.8. The Kier molecular flexibility index (Phi) is 12.4. The number of hydrogen-bond acceptors (Lipinski definition) is 0. The molecule has 0 nitrogen and oxygen atoms in total. The molecule has 0 heterocycles. The molecule has 0 bridgehead atoms. The Morgan fingerprint density at radius 1 is 0.467 bits per heavy atom. The Morgan fingerprint density at radius 2 is 0.800 bits per heavy atom. The van der Waals surface area contributed by atoms with Crippen LogP contribution >= 0.6 is 0 Å². The van der Waals surface area contributed by atoms with E-state index in [9.17, 15) is 0 Å². The van der Waals surface area contributed by atoms with Gasteiger partial charge >= 0.3 is 355 Å². The van der Waals surface area contributed by atoms with Gasteiger partial charge in [-0.15, -0.1) is 0 Å². The number of benzene rings is 8. The van der Waals surface area contributed by atoms with Gasteiger partial charge in [0.15, 0.2) is 0 Å². The van der Waals surface area contributed by atoms with Crippen LogP contribution < -0.4 is 24.8 Å². The van der Waals surface area contributed by atoms with Crippen LogP contribution in [-0.4, -0.2) is 5.43 Å². The smallest absolute Gasteiger partial charge is 1.00 e. The molecule has 10 rings (SSSR count). The molecule has 4 heteroatoms. The molecule has 8 aromatic rings. The Bertz CT molecular complexity index is 2750. The van der Waals surface area contributed by atoms with Gasteiger partial charge in [0.05, 0.1) is 0 Å². The van der Waals surface area contributed by atoms with Crippen LogP contribution in [0.3, 0.4) is 0 Å². The van der Waals surface area contributed by atoms with Crippen LogP contribution in [-0.2, 0) is 20.4 Å². The van der Waals surface area contributed by atoms with E-state index in [0.717, 1.165) is 0 Å². The minimum absolute atomic E-state index is 0. The first kappa shape index (κ1) is 42.6. The molecule has 0 N–H and O–H groups in total. The Labute approximate surface area is 376 Å². The maximum absolute atomic E-state index is 2.71. The number of fused-ring (bicyclic) bond motifs is 6. The predicted octanol–water partition coefficient (Wildman–Crippen LogP) is 10.2. The number of rotatable bonds is 8. The predicted molar refractivity (Wildman–Crippen MR) is 252 cm³/mol. The van der Waals surface area contributed by atoms with Crippen LogP contribution in [0, 0.1) is 11.8 Å². The summed E-state index contributed by atoms with van der Waals surface area (Å²) in [5.41, 5.74) is 14.7. The van der Waals surface area contributed by atoms with Gasteiger partial charge in [-0.25, -0.2) is 0 Å². The Hall–Kier alpha value is -4.04. The molecule has 0 saturated heterocycles. The first-order valence-corrected chi connectivity index (χ1v) is 30.6. The van der Waals surface area contributed by atoms with Crippen LogP contribution in [0.4, 0.5) is 0 Å². The fraction of sp³-hybridized carbons (Fsp3) is 0.214. The number of allylic oxidation sites excluding steroid dienone is 2. The average molecular weight is 915 g/mol. The van der Waals surface area contributed by atoms with Gasteiger partial charge in [0.25, 0.3) is 0 Å². The largest absolute Gasteiger partial charge is 1.00 e. The van der Waals surface area contributed by atoms with Crippen LogP contribution in [0.1, 0.15) is 70.0 Å². The minimum Gasteiger partial charge on any atom is -1.00 e. The van der Waals surface area contributed by atoms with Gasteiger partial charge in [0.2, 0.25) is 0 Å². The molecule has 0 fully saturated rings. The number of halogens is 2. The summed E-state index contributed by atoms with van der Waals surface area (Å²) in [6, 6.07) is 55.7. The molecular formula is C56H52Cl2SiZr. The van der Waals surface area contributed by atoms with Crippen molar-refractivity contribution in [2.75, 3.05) is 0 Å². The van der Waals surface area contributed by atoms with Gasteiger partial charge in [0, 0.05) is 0 Å². The molecule has 2 aliphatic carbocycles. The van der Waals surface area contributed by atoms with Gasteiger partial charge in [-0.1, -0.05) is 0 Å². The molecule has 0 spiro atoms. The SMILES string of the molecule is CCC(C)C1=Cc2c(-c3c4ccccc4cc4ccccc34)cccc2[CH]1[Zr+2]([CH]1C(C(C)CC)=Cc2c(-c3c4ccccc4cc4ccccc34)cccc21)=[Si](C)C.[Cl-].[Cl-]. The van der Waals surface area contributed by atoms with Crippen molar-refractivity contribution in [1.29, 1.82) is 0 Å². The minimum atomic E-state index is -2.48. The summed E-state index contributed by atoms with van der Waals surface area (Å²) in [5, 5.41) is 10.7. The molecule has 60 heavy (non-hydrogen) atoms. The van der Waals surface area contributed by atoms with Crippen LogP contribution in [0.25, 0.3) is 77.5 Å². The molecule has 0 aliphatic heterocycles. The first-order chi connectivity index (χ1) is 28.4. The summed E-state index contributed by atoms with van der Waals surface area (Å²) >= 11 is -2.48. The molecule has 2 aliphatic rings. The van der Waals surface area contributed by atoms with E-state index in [4.69, 9.17) is 0 Å². The molecule has 0 aromatic heterocycles. The van der Waals surface area contributed by atoms with Crippen molar-refractivity contribution in [2.24, 2.45) is 11.8 Å². The molecule has 0 amide bonds. The summed E-state index contributed by atoms with van der Waals surface area (Å²) in [6.07, 6.45) is 7.77. The van der Waals surface area contributed by atoms with Crippen molar-refractivity contribution in [3.63, 3.8) is 0 Å². The number of hydrogen-bond donors (Lipinski definition) is 0. The van der Waals surface area contributed by atoms with E-state index in [1.807, 2.05) is 0 Å². The maximum Gasteiger partial charge on any atom is -1.00 e. The van der Waals surface area contributed by atoms with Crippen LogP contribution in [0.2, 0.25) is 13.1 Å². The van der Waals surface area contributed by atoms with E-state index in [1.165, 1.54) is 89.3 Å². The van der Waals surface area contributed by atoms with Crippen LogP contribution in [0.15, 0.2) is 157 Å². The van der Waals surface area contributed by atoms with Crippen molar-refractivity contribution in [2.45, 2.75) is 60.9 Å². The summed E-state index contributed by atoms with van der Waals surface area (Å²) in [4.78, 5) is 0. The molecule has 8 aromatic carbocycles. The van der Waals surface area contributed by atoms with E-state index in [0.29, 0.717) is 19.1 Å². The fourth-order valence-electron chi connectivity index (χ4n) is 10.7. The summed E-state index contributed by atoms with van der Waals surface area (Å²) in [5.74, 6) is 1.08. The normalized spacial score (nSPS) is 16.3. The van der Waals surface area contributed by atoms with Crippen molar-refractivity contribution in [1.82, 2.24) is 0 Å². The average Bonchev–Trinajstić information content (AvgIpc) is 3.84. The van der Waals surface area contributed by atoms with Gasteiger partial charge < -0.3 is 24.8 Å². The first-order valence-electron chi connectivity index (χ1n) is 21.6. The molecular weight excluding hydrogens is 863 g/mol. The van der Waals surface area contributed by atoms with Crippen LogP contribution in [0.5, 0.6) is 0 Å². The van der Waals surface area contributed by atoms with Crippen molar-refractivity contribution in [3.05, 3.63) is 179 Å². The van der Waals surface area contributed by atoms with E-state index < -0.39 is 25.8 Å². The monoisotopic (exact) mass is 912 g/mol. The summed E-state index contributed by atoms with van der Waals surface area (Å²) in [6.45, 7) is 15.3.